The second kappa shape index (κ2) is 8.88. The van der Waals surface area contributed by atoms with Gasteiger partial charge in [0, 0.05) is 13.1 Å². The number of nitrogens with zero attached hydrogens (tertiary/aromatic N) is 1. The highest BCUT2D eigenvalue weighted by Crippen LogP contribution is 2.26. The zero-order valence-corrected chi connectivity index (χ0v) is 14.4. The van der Waals surface area contributed by atoms with E-state index in [0.29, 0.717) is 19.7 Å². The molecule has 0 bridgehead atoms. The van der Waals surface area contributed by atoms with Gasteiger partial charge >= 0.3 is 6.61 Å². The number of hydrogen-bond donors (Lipinski definition) is 1. The lowest BCUT2D eigenvalue weighted by atomic mass is 10.1. The van der Waals surface area contributed by atoms with Crippen molar-refractivity contribution in [3.05, 3.63) is 59.9 Å². The number of alkyl halides is 2. The molecule has 0 radical (unpaired) electrons. The number of hydrogen-bond acceptors (Lipinski definition) is 4. The fraction of sp³-hybridized carbons (Fsp3) is 0.316. The third-order valence-electron chi connectivity index (χ3n) is 4.14. The van der Waals surface area contributed by atoms with Crippen LogP contribution in [0.2, 0.25) is 0 Å². The molecular weight excluding hydrogens is 361 g/mol. The van der Waals surface area contributed by atoms with Crippen LogP contribution in [-0.4, -0.2) is 43.7 Å². The Balaban J connectivity index is 1.58. The van der Waals surface area contributed by atoms with Crippen LogP contribution in [0.5, 0.6) is 5.75 Å². The van der Waals surface area contributed by atoms with Crippen LogP contribution < -0.4 is 10.1 Å². The number of anilines is 1. The van der Waals surface area contributed by atoms with Crippen LogP contribution in [0.25, 0.3) is 0 Å². The van der Waals surface area contributed by atoms with E-state index in [1.54, 1.807) is 24.3 Å². The van der Waals surface area contributed by atoms with Gasteiger partial charge < -0.3 is 14.8 Å². The molecule has 1 saturated heterocycles. The maximum Gasteiger partial charge on any atom is 0.387 e. The molecule has 1 atom stereocenters. The molecular formula is C19H19F3N2O3. The average Bonchev–Trinajstić information content (AvgIpc) is 2.64. The first-order chi connectivity index (χ1) is 13.0. The first-order valence-corrected chi connectivity index (χ1v) is 8.44. The van der Waals surface area contributed by atoms with Gasteiger partial charge in [-0.15, -0.1) is 0 Å². The number of halogens is 3. The van der Waals surface area contributed by atoms with Gasteiger partial charge in [0.1, 0.15) is 11.6 Å². The number of nitrogens with one attached hydrogen (secondary N) is 1. The summed E-state index contributed by atoms with van der Waals surface area (Å²) in [7, 11) is 0. The summed E-state index contributed by atoms with van der Waals surface area (Å²) in [6.45, 7) is -1.45. The average molecular weight is 380 g/mol. The normalized spacial score (nSPS) is 17.7. The van der Waals surface area contributed by atoms with Gasteiger partial charge in [0.25, 0.3) is 0 Å². The van der Waals surface area contributed by atoms with Crippen molar-refractivity contribution in [2.45, 2.75) is 12.7 Å². The maximum atomic E-state index is 13.1. The molecule has 5 nitrogen and oxygen atoms in total. The van der Waals surface area contributed by atoms with Gasteiger partial charge in [-0.3, -0.25) is 9.69 Å². The Hall–Kier alpha value is -2.58. The van der Waals surface area contributed by atoms with E-state index in [1.807, 2.05) is 4.90 Å². The van der Waals surface area contributed by atoms with E-state index in [0.717, 1.165) is 5.56 Å². The monoisotopic (exact) mass is 380 g/mol. The molecule has 1 aliphatic heterocycles. The molecule has 8 heteroatoms. The molecule has 1 aliphatic rings. The highest BCUT2D eigenvalue weighted by molar-refractivity contribution is 5.93. The Labute approximate surface area is 154 Å². The van der Waals surface area contributed by atoms with Crippen molar-refractivity contribution in [1.29, 1.82) is 0 Å². The van der Waals surface area contributed by atoms with E-state index in [4.69, 9.17) is 4.74 Å². The summed E-state index contributed by atoms with van der Waals surface area (Å²) in [5.74, 6) is -0.762. The minimum atomic E-state index is -2.97. The largest absolute Gasteiger partial charge is 0.433 e. The Bertz CT molecular complexity index is 771. The molecule has 1 N–H and O–H groups in total. The molecule has 2 aromatic carbocycles. The summed E-state index contributed by atoms with van der Waals surface area (Å²) < 4.78 is 48.1. The van der Waals surface area contributed by atoms with Crippen molar-refractivity contribution in [1.82, 2.24) is 4.90 Å². The first-order valence-electron chi connectivity index (χ1n) is 8.44. The lowest BCUT2D eigenvalue weighted by molar-refractivity contribution is -0.119. The quantitative estimate of drug-likeness (QED) is 0.834. The second-order valence-electron chi connectivity index (χ2n) is 6.07. The fourth-order valence-electron chi connectivity index (χ4n) is 2.89. The van der Waals surface area contributed by atoms with Crippen LogP contribution in [-0.2, 0) is 9.53 Å². The SMILES string of the molecule is O=C(CN1CCOC(c2ccc(F)cc2)C1)Nc1ccccc1OC(F)F. The molecule has 1 amide bonds. The van der Waals surface area contributed by atoms with E-state index in [-0.39, 0.29) is 35.8 Å². The minimum Gasteiger partial charge on any atom is -0.433 e. The number of para-hydroxylation sites is 2. The first kappa shape index (κ1) is 19.2. The summed E-state index contributed by atoms with van der Waals surface area (Å²) in [4.78, 5) is 14.2. The van der Waals surface area contributed by atoms with E-state index < -0.39 is 6.61 Å². The van der Waals surface area contributed by atoms with Gasteiger partial charge in [0.15, 0.2) is 0 Å². The Morgan fingerprint density at radius 1 is 1.22 bits per heavy atom. The second-order valence-corrected chi connectivity index (χ2v) is 6.07. The van der Waals surface area contributed by atoms with Gasteiger partial charge in [-0.2, -0.15) is 8.78 Å². The van der Waals surface area contributed by atoms with Crippen molar-refractivity contribution in [3.63, 3.8) is 0 Å². The molecule has 0 saturated carbocycles. The van der Waals surface area contributed by atoms with Crippen molar-refractivity contribution in [2.24, 2.45) is 0 Å². The molecule has 2 aromatic rings. The van der Waals surface area contributed by atoms with Crippen molar-refractivity contribution < 1.29 is 27.4 Å². The van der Waals surface area contributed by atoms with Gasteiger partial charge in [-0.05, 0) is 29.8 Å². The van der Waals surface area contributed by atoms with E-state index in [2.05, 4.69) is 10.1 Å². The molecule has 27 heavy (non-hydrogen) atoms. The lowest BCUT2D eigenvalue weighted by Gasteiger charge is -2.32. The minimum absolute atomic E-state index is 0.0735. The summed E-state index contributed by atoms with van der Waals surface area (Å²) in [6.07, 6.45) is -0.262. The third-order valence-corrected chi connectivity index (χ3v) is 4.14. The van der Waals surface area contributed by atoms with Crippen LogP contribution in [0.4, 0.5) is 18.9 Å². The number of amides is 1. The van der Waals surface area contributed by atoms with Crippen LogP contribution >= 0.6 is 0 Å². The highest BCUT2D eigenvalue weighted by atomic mass is 19.3. The van der Waals surface area contributed by atoms with Gasteiger partial charge in [0.2, 0.25) is 5.91 Å². The van der Waals surface area contributed by atoms with E-state index in [1.165, 1.54) is 24.3 Å². The van der Waals surface area contributed by atoms with Crippen molar-refractivity contribution >= 4 is 11.6 Å². The predicted molar refractivity (Wildman–Crippen MR) is 93.2 cm³/mol. The number of rotatable bonds is 6. The molecule has 0 aliphatic carbocycles. The lowest BCUT2D eigenvalue weighted by Crippen LogP contribution is -2.42. The molecule has 3 rings (SSSR count). The van der Waals surface area contributed by atoms with E-state index >= 15 is 0 Å². The number of benzene rings is 2. The zero-order valence-electron chi connectivity index (χ0n) is 14.4. The summed E-state index contributed by atoms with van der Waals surface area (Å²) in [5.41, 5.74) is 1.02. The topological polar surface area (TPSA) is 50.8 Å². The zero-order chi connectivity index (χ0) is 19.2. The Kier molecular flexibility index (Phi) is 6.31. The Morgan fingerprint density at radius 2 is 1.96 bits per heavy atom. The van der Waals surface area contributed by atoms with E-state index in [9.17, 15) is 18.0 Å². The smallest absolute Gasteiger partial charge is 0.387 e. The summed E-state index contributed by atoms with van der Waals surface area (Å²) in [5, 5.41) is 2.60. The molecule has 0 aromatic heterocycles. The molecule has 144 valence electrons. The summed E-state index contributed by atoms with van der Waals surface area (Å²) in [6, 6.07) is 12.1. The van der Waals surface area contributed by atoms with Crippen LogP contribution in [0, 0.1) is 5.82 Å². The molecule has 0 spiro atoms. The van der Waals surface area contributed by atoms with Crippen molar-refractivity contribution in [3.8, 4) is 5.75 Å². The van der Waals surface area contributed by atoms with Gasteiger partial charge in [-0.1, -0.05) is 24.3 Å². The van der Waals surface area contributed by atoms with Gasteiger partial charge in [0.05, 0.1) is 24.9 Å². The number of morpholine rings is 1. The third kappa shape index (κ3) is 5.45. The predicted octanol–water partition coefficient (Wildman–Crippen LogP) is 3.44. The molecule has 1 unspecified atom stereocenters. The maximum absolute atomic E-state index is 13.1. The summed E-state index contributed by atoms with van der Waals surface area (Å²) >= 11 is 0. The van der Waals surface area contributed by atoms with Crippen molar-refractivity contribution in [2.75, 3.05) is 31.6 Å². The molecule has 1 heterocycles. The van der Waals surface area contributed by atoms with Gasteiger partial charge in [-0.25, -0.2) is 4.39 Å². The molecule has 1 fully saturated rings. The number of ether oxygens (including phenoxy) is 2. The standard InChI is InChI=1S/C19H19F3N2O3/c20-14-7-5-13(6-8-14)17-11-24(9-10-26-17)12-18(25)23-15-3-1-2-4-16(15)27-19(21)22/h1-8,17,19H,9-12H2,(H,23,25). The highest BCUT2D eigenvalue weighted by Gasteiger charge is 2.24. The Morgan fingerprint density at radius 3 is 2.70 bits per heavy atom. The number of carbonyl (C=O) groups is 1. The van der Waals surface area contributed by atoms with Crippen LogP contribution in [0.1, 0.15) is 11.7 Å². The van der Waals surface area contributed by atoms with Crippen LogP contribution in [0.15, 0.2) is 48.5 Å². The fourth-order valence-corrected chi connectivity index (χ4v) is 2.89. The number of carbonyl (C=O) groups excluding carboxylic acids is 1. The van der Waals surface area contributed by atoms with Crippen LogP contribution in [0.3, 0.4) is 0 Å².